The summed E-state index contributed by atoms with van der Waals surface area (Å²) in [5.74, 6) is 2.33. The predicted octanol–water partition coefficient (Wildman–Crippen LogP) is 2.51. The van der Waals surface area contributed by atoms with Crippen molar-refractivity contribution in [3.8, 4) is 17.2 Å². The minimum Gasteiger partial charge on any atom is -0.493 e. The van der Waals surface area contributed by atoms with E-state index in [-0.39, 0.29) is 6.79 Å². The van der Waals surface area contributed by atoms with Crippen LogP contribution in [0.5, 0.6) is 17.2 Å². The summed E-state index contributed by atoms with van der Waals surface area (Å²) in [5.41, 5.74) is 0.899. The van der Waals surface area contributed by atoms with Crippen LogP contribution in [0.3, 0.4) is 0 Å². The molecule has 1 fully saturated rings. The van der Waals surface area contributed by atoms with Gasteiger partial charge in [-0.25, -0.2) is 0 Å². The molecule has 2 atom stereocenters. The monoisotopic (exact) mass is 373 g/mol. The van der Waals surface area contributed by atoms with Crippen molar-refractivity contribution in [2.75, 3.05) is 26.5 Å². The van der Waals surface area contributed by atoms with Gasteiger partial charge in [-0.1, -0.05) is 0 Å². The van der Waals surface area contributed by atoms with E-state index in [1.165, 1.54) is 6.42 Å². The highest BCUT2D eigenvalue weighted by molar-refractivity contribution is 5.46. The number of aliphatic hydroxyl groups is 1. The first kappa shape index (κ1) is 18.1. The van der Waals surface area contributed by atoms with E-state index in [2.05, 4.69) is 10.00 Å². The van der Waals surface area contributed by atoms with Gasteiger partial charge in [-0.05, 0) is 44.4 Å². The third kappa shape index (κ3) is 4.36. The highest BCUT2D eigenvalue weighted by Gasteiger charge is 2.27. The smallest absolute Gasteiger partial charge is 0.231 e. The Morgan fingerprint density at radius 1 is 1.33 bits per heavy atom. The van der Waals surface area contributed by atoms with Crippen LogP contribution in [0.1, 0.15) is 37.4 Å². The number of hydrogen-bond donors (Lipinski definition) is 1. The first-order valence-corrected chi connectivity index (χ1v) is 9.62. The van der Waals surface area contributed by atoms with Gasteiger partial charge in [0.05, 0.1) is 18.9 Å². The summed E-state index contributed by atoms with van der Waals surface area (Å²) in [6.45, 7) is 3.01. The lowest BCUT2D eigenvalue weighted by Gasteiger charge is -2.26. The summed E-state index contributed by atoms with van der Waals surface area (Å²) in [6, 6.07) is 6.10. The second kappa shape index (κ2) is 8.19. The number of aliphatic hydroxyl groups excluding tert-OH is 1. The van der Waals surface area contributed by atoms with Crippen LogP contribution in [0.2, 0.25) is 0 Å². The highest BCUT2D eigenvalue weighted by Crippen LogP contribution is 2.35. The predicted molar refractivity (Wildman–Crippen MR) is 100 cm³/mol. The van der Waals surface area contributed by atoms with E-state index in [4.69, 9.17) is 14.2 Å². The van der Waals surface area contributed by atoms with Crippen LogP contribution < -0.4 is 14.2 Å². The molecule has 2 aliphatic heterocycles. The molecule has 1 aromatic carbocycles. The van der Waals surface area contributed by atoms with Crippen LogP contribution in [-0.2, 0) is 7.05 Å². The van der Waals surface area contributed by atoms with Crippen molar-refractivity contribution in [2.45, 2.75) is 37.8 Å². The molecule has 1 aromatic heterocycles. The highest BCUT2D eigenvalue weighted by atomic mass is 16.7. The largest absolute Gasteiger partial charge is 0.493 e. The van der Waals surface area contributed by atoms with Crippen LogP contribution in [-0.4, -0.2) is 52.3 Å². The Kier molecular flexibility index (Phi) is 5.50. The molecule has 0 bridgehead atoms. The molecule has 7 nitrogen and oxygen atoms in total. The molecular formula is C20H27N3O4. The van der Waals surface area contributed by atoms with E-state index in [0.717, 1.165) is 55.2 Å². The molecule has 0 radical (unpaired) electrons. The van der Waals surface area contributed by atoms with Crippen molar-refractivity contribution in [1.29, 1.82) is 0 Å². The van der Waals surface area contributed by atoms with E-state index in [0.29, 0.717) is 12.6 Å². The van der Waals surface area contributed by atoms with Crippen LogP contribution in [0.25, 0.3) is 0 Å². The van der Waals surface area contributed by atoms with Gasteiger partial charge in [0.15, 0.2) is 11.5 Å². The number of nitrogens with zero attached hydrogens (tertiary/aromatic N) is 3. The van der Waals surface area contributed by atoms with Gasteiger partial charge in [0.25, 0.3) is 0 Å². The molecule has 0 aliphatic carbocycles. The SMILES string of the molecule is Cn1cc([C@H](O)C[C@@H]2CCCN2CCCOc2ccc3c(c2)OCO3)cn1. The van der Waals surface area contributed by atoms with Crippen LogP contribution in [0, 0.1) is 0 Å². The van der Waals surface area contributed by atoms with E-state index >= 15 is 0 Å². The van der Waals surface area contributed by atoms with E-state index in [1.807, 2.05) is 31.4 Å². The summed E-state index contributed by atoms with van der Waals surface area (Å²) in [4.78, 5) is 2.47. The van der Waals surface area contributed by atoms with Crippen molar-refractivity contribution < 1.29 is 19.3 Å². The summed E-state index contributed by atoms with van der Waals surface area (Å²) < 4.78 is 18.3. The first-order chi connectivity index (χ1) is 13.2. The van der Waals surface area contributed by atoms with Crippen LogP contribution in [0.4, 0.5) is 0 Å². The lowest BCUT2D eigenvalue weighted by Crippen LogP contribution is -2.32. The van der Waals surface area contributed by atoms with E-state index < -0.39 is 6.10 Å². The van der Waals surface area contributed by atoms with Crippen LogP contribution >= 0.6 is 0 Å². The lowest BCUT2D eigenvalue weighted by molar-refractivity contribution is 0.117. The van der Waals surface area contributed by atoms with Gasteiger partial charge in [-0.2, -0.15) is 5.10 Å². The van der Waals surface area contributed by atoms with Gasteiger partial charge < -0.3 is 24.2 Å². The molecule has 27 heavy (non-hydrogen) atoms. The molecule has 1 N–H and O–H groups in total. The standard InChI is InChI=1S/C20H27N3O4/c1-22-13-15(12-21-22)18(24)10-16-4-2-7-23(16)8-3-9-25-17-5-6-19-20(11-17)27-14-26-19/h5-6,11-13,16,18,24H,2-4,7-10,14H2,1H3/t16-,18+/m0/s1. The van der Waals surface area contributed by atoms with Crippen molar-refractivity contribution in [3.63, 3.8) is 0 Å². The Morgan fingerprint density at radius 3 is 3.07 bits per heavy atom. The number of ether oxygens (including phenoxy) is 3. The second-order valence-corrected chi connectivity index (χ2v) is 7.25. The zero-order valence-electron chi connectivity index (χ0n) is 15.7. The minimum atomic E-state index is -0.450. The molecule has 0 saturated carbocycles. The minimum absolute atomic E-state index is 0.278. The fourth-order valence-corrected chi connectivity index (χ4v) is 3.89. The number of benzene rings is 1. The molecule has 146 valence electrons. The number of rotatable bonds is 8. The topological polar surface area (TPSA) is 69.0 Å². The lowest BCUT2D eigenvalue weighted by atomic mass is 10.0. The Labute approximate surface area is 159 Å². The van der Waals surface area contributed by atoms with Crippen molar-refractivity contribution in [3.05, 3.63) is 36.2 Å². The van der Waals surface area contributed by atoms with Gasteiger partial charge >= 0.3 is 0 Å². The molecule has 2 aliphatic rings. The Bertz CT molecular complexity index is 763. The second-order valence-electron chi connectivity index (χ2n) is 7.25. The van der Waals surface area contributed by atoms with Gasteiger partial charge in [0.1, 0.15) is 5.75 Å². The zero-order valence-corrected chi connectivity index (χ0v) is 15.7. The number of fused-ring (bicyclic) bond motifs is 1. The third-order valence-corrected chi connectivity index (χ3v) is 5.31. The number of aromatic nitrogens is 2. The van der Waals surface area contributed by atoms with E-state index in [9.17, 15) is 5.11 Å². The molecule has 2 aromatic rings. The molecule has 1 saturated heterocycles. The van der Waals surface area contributed by atoms with Gasteiger partial charge in [-0.3, -0.25) is 4.68 Å². The fraction of sp³-hybridized carbons (Fsp3) is 0.550. The molecule has 7 heteroatoms. The molecule has 0 amide bonds. The maximum absolute atomic E-state index is 10.5. The normalized spacial score (nSPS) is 20.1. The Hall–Kier alpha value is -2.25. The fourth-order valence-electron chi connectivity index (χ4n) is 3.89. The number of aryl methyl sites for hydroxylation is 1. The average Bonchev–Trinajstić information content (AvgIpc) is 3.39. The molecule has 0 unspecified atom stereocenters. The Balaban J connectivity index is 1.22. The molecule has 4 rings (SSSR count). The number of hydrogen-bond acceptors (Lipinski definition) is 6. The molecule has 3 heterocycles. The van der Waals surface area contributed by atoms with Crippen molar-refractivity contribution >= 4 is 0 Å². The summed E-state index contributed by atoms with van der Waals surface area (Å²) >= 11 is 0. The summed E-state index contributed by atoms with van der Waals surface area (Å²) in [5, 5.41) is 14.6. The first-order valence-electron chi connectivity index (χ1n) is 9.62. The maximum Gasteiger partial charge on any atom is 0.231 e. The molecule has 0 spiro atoms. The van der Waals surface area contributed by atoms with Gasteiger partial charge in [0.2, 0.25) is 6.79 Å². The average molecular weight is 373 g/mol. The zero-order chi connectivity index (χ0) is 18.6. The Morgan fingerprint density at radius 2 is 2.22 bits per heavy atom. The summed E-state index contributed by atoms with van der Waals surface area (Å²) in [6.07, 6.45) is 7.23. The van der Waals surface area contributed by atoms with Crippen LogP contribution in [0.15, 0.2) is 30.6 Å². The summed E-state index contributed by atoms with van der Waals surface area (Å²) in [7, 11) is 1.87. The molecular weight excluding hydrogens is 346 g/mol. The van der Waals surface area contributed by atoms with Gasteiger partial charge in [-0.15, -0.1) is 0 Å². The van der Waals surface area contributed by atoms with Crippen molar-refractivity contribution in [2.24, 2.45) is 7.05 Å². The van der Waals surface area contributed by atoms with E-state index in [1.54, 1.807) is 10.9 Å². The third-order valence-electron chi connectivity index (χ3n) is 5.31. The number of likely N-dealkylation sites (tertiary alicyclic amines) is 1. The van der Waals surface area contributed by atoms with Gasteiger partial charge in [0, 0.05) is 37.5 Å². The quantitative estimate of drug-likeness (QED) is 0.717. The maximum atomic E-state index is 10.5. The van der Waals surface area contributed by atoms with Crippen molar-refractivity contribution in [1.82, 2.24) is 14.7 Å².